The van der Waals surface area contributed by atoms with E-state index in [1.165, 1.54) is 6.42 Å². The Bertz CT molecular complexity index is 641. The van der Waals surface area contributed by atoms with Crippen molar-refractivity contribution in [3.8, 4) is 0 Å². The van der Waals surface area contributed by atoms with Gasteiger partial charge in [-0.3, -0.25) is 4.99 Å². The molecule has 0 aliphatic heterocycles. The van der Waals surface area contributed by atoms with E-state index in [0.717, 1.165) is 41.5 Å². The quantitative estimate of drug-likeness (QED) is 0.215. The van der Waals surface area contributed by atoms with Gasteiger partial charge in [0, 0.05) is 34.9 Å². The monoisotopic (exact) mass is 286 g/mol. The summed E-state index contributed by atoms with van der Waals surface area (Å²) in [6.45, 7) is 2.88. The first-order chi connectivity index (χ1) is 10.2. The third-order valence-electron chi connectivity index (χ3n) is 3.16. The summed E-state index contributed by atoms with van der Waals surface area (Å²) < 4.78 is 0. The number of rotatable bonds is 6. The van der Waals surface area contributed by atoms with Crippen LogP contribution in [0.1, 0.15) is 31.7 Å². The molecule has 1 aromatic heterocycles. The Balaban J connectivity index is 1.95. The average Bonchev–Trinajstić information content (AvgIpc) is 2.86. The van der Waals surface area contributed by atoms with Crippen molar-refractivity contribution in [2.75, 3.05) is 12.3 Å². The maximum atomic E-state index is 5.80. The fraction of sp³-hybridized carbons (Fsp3) is 0.333. The number of aromatic nitrogens is 1. The van der Waals surface area contributed by atoms with Gasteiger partial charge in [-0.2, -0.15) is 5.10 Å². The van der Waals surface area contributed by atoms with Crippen molar-refractivity contribution >= 4 is 28.8 Å². The number of unbranched alkanes of at least 4 members (excludes halogenated alkanes) is 2. The molecule has 0 aliphatic rings. The number of H-pyrrole nitrogens is 1. The molecule has 0 spiro atoms. The van der Waals surface area contributed by atoms with Crippen molar-refractivity contribution in [1.29, 1.82) is 0 Å². The van der Waals surface area contributed by atoms with E-state index in [9.17, 15) is 0 Å². The topological polar surface area (TPSA) is 105 Å². The van der Waals surface area contributed by atoms with Crippen molar-refractivity contribution < 1.29 is 0 Å². The van der Waals surface area contributed by atoms with Crippen molar-refractivity contribution in [1.82, 2.24) is 10.4 Å². The predicted molar refractivity (Wildman–Crippen MR) is 89.5 cm³/mol. The molecule has 0 saturated heterocycles. The molecule has 6 nitrogen and oxygen atoms in total. The van der Waals surface area contributed by atoms with Crippen LogP contribution in [-0.2, 0) is 0 Å². The highest BCUT2D eigenvalue weighted by molar-refractivity contribution is 6.00. The van der Waals surface area contributed by atoms with Crippen molar-refractivity contribution in [2.24, 2.45) is 15.8 Å². The molecule has 0 amide bonds. The van der Waals surface area contributed by atoms with E-state index in [2.05, 4.69) is 27.4 Å². The molecule has 0 fully saturated rings. The number of hydrogen-bond donors (Lipinski definition) is 4. The number of nitrogens with one attached hydrogen (secondary N) is 2. The highest BCUT2D eigenvalue weighted by Crippen LogP contribution is 2.19. The van der Waals surface area contributed by atoms with Gasteiger partial charge in [0.2, 0.25) is 5.96 Å². The molecule has 0 radical (unpaired) electrons. The molecule has 0 atom stereocenters. The highest BCUT2D eigenvalue weighted by Gasteiger charge is 2.01. The summed E-state index contributed by atoms with van der Waals surface area (Å²) in [7, 11) is 0. The molecule has 2 rings (SSSR count). The van der Waals surface area contributed by atoms with Crippen molar-refractivity contribution in [2.45, 2.75) is 26.2 Å². The lowest BCUT2D eigenvalue weighted by Gasteiger charge is -1.99. The van der Waals surface area contributed by atoms with Gasteiger partial charge in [-0.1, -0.05) is 19.8 Å². The number of aliphatic imine (C=N–C) groups is 1. The first-order valence-electron chi connectivity index (χ1n) is 7.16. The SMILES string of the molecule is CCCCCN=C(N)N/N=C/c1c[nH]c2ccc(N)cc12. The number of benzene rings is 1. The number of hydrazone groups is 1. The number of nitrogens with zero attached hydrogens (tertiary/aromatic N) is 2. The largest absolute Gasteiger partial charge is 0.399 e. The van der Waals surface area contributed by atoms with Crippen LogP contribution in [0.15, 0.2) is 34.5 Å². The third kappa shape index (κ3) is 4.24. The van der Waals surface area contributed by atoms with Gasteiger partial charge in [-0.25, -0.2) is 5.43 Å². The van der Waals surface area contributed by atoms with E-state index in [0.29, 0.717) is 5.96 Å². The van der Waals surface area contributed by atoms with E-state index >= 15 is 0 Å². The lowest BCUT2D eigenvalue weighted by atomic mass is 10.2. The van der Waals surface area contributed by atoms with Crippen LogP contribution in [0.3, 0.4) is 0 Å². The van der Waals surface area contributed by atoms with Gasteiger partial charge in [-0.15, -0.1) is 0 Å². The van der Waals surface area contributed by atoms with Crippen molar-refractivity contribution in [3.05, 3.63) is 30.0 Å². The Morgan fingerprint density at radius 1 is 1.38 bits per heavy atom. The van der Waals surface area contributed by atoms with Crippen LogP contribution in [0.5, 0.6) is 0 Å². The summed E-state index contributed by atoms with van der Waals surface area (Å²) in [5, 5.41) is 5.13. The summed E-state index contributed by atoms with van der Waals surface area (Å²) in [5.41, 5.74) is 16.9. The standard InChI is InChI=1S/C15H22N6/c1-2-3-4-7-18-15(17)21-20-10-11-9-19-14-6-5-12(16)8-13(11)14/h5-6,8-10,19H,2-4,7,16H2,1H3,(H3,17,18,21)/b20-10+. The smallest absolute Gasteiger partial charge is 0.209 e. The Morgan fingerprint density at radius 2 is 2.24 bits per heavy atom. The molecule has 6 heteroatoms. The molecule has 0 saturated carbocycles. The normalized spacial score (nSPS) is 12.3. The maximum absolute atomic E-state index is 5.80. The summed E-state index contributed by atoms with van der Waals surface area (Å²) in [6.07, 6.45) is 6.96. The van der Waals surface area contributed by atoms with E-state index in [4.69, 9.17) is 11.5 Å². The first kappa shape index (κ1) is 14.9. The Labute approximate surface area is 124 Å². The van der Waals surface area contributed by atoms with Crippen LogP contribution in [0.4, 0.5) is 5.69 Å². The predicted octanol–water partition coefficient (Wildman–Crippen LogP) is 2.18. The van der Waals surface area contributed by atoms with Crippen molar-refractivity contribution in [3.63, 3.8) is 0 Å². The fourth-order valence-corrected chi connectivity index (χ4v) is 2.03. The second-order valence-electron chi connectivity index (χ2n) is 4.89. The maximum Gasteiger partial charge on any atom is 0.209 e. The van der Waals surface area contributed by atoms with Gasteiger partial charge >= 0.3 is 0 Å². The first-order valence-corrected chi connectivity index (χ1v) is 7.16. The Morgan fingerprint density at radius 3 is 3.05 bits per heavy atom. The number of nitrogen functional groups attached to an aromatic ring is 1. The third-order valence-corrected chi connectivity index (χ3v) is 3.16. The number of nitrogens with two attached hydrogens (primary N) is 2. The van der Waals surface area contributed by atoms with Gasteiger partial charge in [0.05, 0.1) is 6.21 Å². The molecule has 1 aromatic carbocycles. The molecule has 0 unspecified atom stereocenters. The minimum atomic E-state index is 0.335. The molecule has 2 aromatic rings. The zero-order valence-corrected chi connectivity index (χ0v) is 12.3. The zero-order chi connectivity index (χ0) is 15.1. The van der Waals surface area contributed by atoms with Gasteiger partial charge < -0.3 is 16.5 Å². The van der Waals surface area contributed by atoms with E-state index in [-0.39, 0.29) is 0 Å². The molecule has 21 heavy (non-hydrogen) atoms. The molecule has 0 bridgehead atoms. The lowest BCUT2D eigenvalue weighted by Crippen LogP contribution is -2.27. The minimum Gasteiger partial charge on any atom is -0.399 e. The number of aromatic amines is 1. The number of anilines is 1. The molecule has 1 heterocycles. The summed E-state index contributed by atoms with van der Waals surface area (Å²) in [5.74, 6) is 0.335. The Hall–Kier alpha value is -2.50. The summed E-state index contributed by atoms with van der Waals surface area (Å²) >= 11 is 0. The molecule has 6 N–H and O–H groups in total. The number of guanidine groups is 1. The van der Waals surface area contributed by atoms with Crippen LogP contribution in [-0.4, -0.2) is 23.7 Å². The highest BCUT2D eigenvalue weighted by atomic mass is 15.3. The van der Waals surface area contributed by atoms with E-state index < -0.39 is 0 Å². The van der Waals surface area contributed by atoms with Crippen LogP contribution >= 0.6 is 0 Å². The average molecular weight is 286 g/mol. The van der Waals surface area contributed by atoms with Crippen LogP contribution < -0.4 is 16.9 Å². The van der Waals surface area contributed by atoms with Gasteiger partial charge in [0.15, 0.2) is 0 Å². The van der Waals surface area contributed by atoms with Gasteiger partial charge in [0.25, 0.3) is 0 Å². The van der Waals surface area contributed by atoms with Crippen LogP contribution in [0.25, 0.3) is 10.9 Å². The summed E-state index contributed by atoms with van der Waals surface area (Å²) in [4.78, 5) is 7.36. The molecular formula is C15H22N6. The molecule has 0 aliphatic carbocycles. The fourth-order valence-electron chi connectivity index (χ4n) is 2.03. The summed E-state index contributed by atoms with van der Waals surface area (Å²) in [6, 6.07) is 5.72. The second kappa shape index (κ2) is 7.33. The lowest BCUT2D eigenvalue weighted by molar-refractivity contribution is 0.725. The second-order valence-corrected chi connectivity index (χ2v) is 4.89. The number of fused-ring (bicyclic) bond motifs is 1. The zero-order valence-electron chi connectivity index (χ0n) is 12.3. The minimum absolute atomic E-state index is 0.335. The van der Waals surface area contributed by atoms with Crippen LogP contribution in [0, 0.1) is 0 Å². The molecule has 112 valence electrons. The van der Waals surface area contributed by atoms with E-state index in [1.807, 2.05) is 24.4 Å². The van der Waals surface area contributed by atoms with Gasteiger partial charge in [0.1, 0.15) is 0 Å². The van der Waals surface area contributed by atoms with E-state index in [1.54, 1.807) is 6.21 Å². The van der Waals surface area contributed by atoms with Crippen LogP contribution in [0.2, 0.25) is 0 Å². The Kier molecular flexibility index (Phi) is 5.20. The number of hydrogen-bond acceptors (Lipinski definition) is 3. The molecular weight excluding hydrogens is 264 g/mol. The van der Waals surface area contributed by atoms with Gasteiger partial charge in [-0.05, 0) is 24.6 Å².